The van der Waals surface area contributed by atoms with Crippen LogP contribution in [0.4, 0.5) is 5.82 Å². The van der Waals surface area contributed by atoms with E-state index in [-0.39, 0.29) is 16.8 Å². The number of nitrogens with one attached hydrogen (secondary N) is 1. The molecule has 1 rings (SSSR count). The summed E-state index contributed by atoms with van der Waals surface area (Å²) in [5, 5.41) is 3.99. The molecule has 3 N–H and O–H groups in total. The zero-order valence-corrected chi connectivity index (χ0v) is 12.6. The number of hydrogen-bond donors (Lipinski definition) is 2. The molecule has 0 bridgehead atoms. The van der Waals surface area contributed by atoms with Crippen molar-refractivity contribution in [2.45, 2.75) is 38.2 Å². The predicted molar refractivity (Wildman–Crippen MR) is 73.3 cm³/mol. The molecular formula is C11H22N4O3S. The summed E-state index contributed by atoms with van der Waals surface area (Å²) in [4.78, 5) is 0.0553. The first-order valence-electron chi connectivity index (χ1n) is 6.16. The van der Waals surface area contributed by atoms with Gasteiger partial charge in [0.05, 0.1) is 11.8 Å². The lowest BCUT2D eigenvalue weighted by Crippen LogP contribution is -2.27. The van der Waals surface area contributed by atoms with Crippen LogP contribution < -0.4 is 10.5 Å². The average Bonchev–Trinajstić information content (AvgIpc) is 2.52. The highest BCUT2D eigenvalue weighted by molar-refractivity contribution is 7.89. The SMILES string of the molecule is Cc1nn(C)c(N)c1S(=O)(=O)NCCCOC(C)C. The maximum absolute atomic E-state index is 12.1. The molecule has 1 aromatic heterocycles. The monoisotopic (exact) mass is 290 g/mol. The van der Waals surface area contributed by atoms with Gasteiger partial charge in [-0.1, -0.05) is 0 Å². The summed E-state index contributed by atoms with van der Waals surface area (Å²) in [5.41, 5.74) is 6.11. The molecular weight excluding hydrogens is 268 g/mol. The molecule has 1 aromatic rings. The van der Waals surface area contributed by atoms with Crippen LogP contribution in [0.2, 0.25) is 0 Å². The Labute approximate surface area is 114 Å². The molecule has 0 aliphatic carbocycles. The van der Waals surface area contributed by atoms with Gasteiger partial charge in [-0.2, -0.15) is 5.10 Å². The van der Waals surface area contributed by atoms with E-state index in [0.717, 1.165) is 0 Å². The molecule has 0 aliphatic rings. The second kappa shape index (κ2) is 6.36. The van der Waals surface area contributed by atoms with E-state index in [1.807, 2.05) is 13.8 Å². The maximum atomic E-state index is 12.1. The van der Waals surface area contributed by atoms with E-state index in [4.69, 9.17) is 10.5 Å². The Kier molecular flexibility index (Phi) is 5.33. The summed E-state index contributed by atoms with van der Waals surface area (Å²) >= 11 is 0. The van der Waals surface area contributed by atoms with Crippen LogP contribution in [-0.4, -0.2) is 37.5 Å². The van der Waals surface area contributed by atoms with Crippen molar-refractivity contribution in [3.63, 3.8) is 0 Å². The first-order valence-corrected chi connectivity index (χ1v) is 7.64. The van der Waals surface area contributed by atoms with E-state index in [1.54, 1.807) is 14.0 Å². The Morgan fingerprint density at radius 3 is 2.58 bits per heavy atom. The van der Waals surface area contributed by atoms with Gasteiger partial charge in [0.15, 0.2) is 0 Å². The van der Waals surface area contributed by atoms with Gasteiger partial charge in [0.2, 0.25) is 10.0 Å². The molecule has 7 nitrogen and oxygen atoms in total. The zero-order valence-electron chi connectivity index (χ0n) is 11.8. The molecule has 8 heteroatoms. The number of anilines is 1. The molecule has 0 atom stereocenters. The van der Waals surface area contributed by atoms with E-state index in [2.05, 4.69) is 9.82 Å². The third-order valence-electron chi connectivity index (χ3n) is 2.54. The number of nitrogens with zero attached hydrogens (tertiary/aromatic N) is 2. The second-order valence-corrected chi connectivity index (χ2v) is 6.30. The zero-order chi connectivity index (χ0) is 14.6. The van der Waals surface area contributed by atoms with Crippen molar-refractivity contribution in [3.8, 4) is 0 Å². The standard InChI is InChI=1S/C11H22N4O3S/c1-8(2)18-7-5-6-13-19(16,17)10-9(3)14-15(4)11(10)12/h8,13H,5-7,12H2,1-4H3. The maximum Gasteiger partial charge on any atom is 0.246 e. The van der Waals surface area contributed by atoms with Crippen LogP contribution in [0.15, 0.2) is 4.90 Å². The molecule has 0 aromatic carbocycles. The van der Waals surface area contributed by atoms with E-state index in [0.29, 0.717) is 25.3 Å². The van der Waals surface area contributed by atoms with Crippen LogP contribution in [0.3, 0.4) is 0 Å². The van der Waals surface area contributed by atoms with Crippen molar-refractivity contribution < 1.29 is 13.2 Å². The van der Waals surface area contributed by atoms with Crippen LogP contribution in [0.1, 0.15) is 26.0 Å². The number of rotatable bonds is 7. The van der Waals surface area contributed by atoms with Gasteiger partial charge >= 0.3 is 0 Å². The third-order valence-corrected chi connectivity index (χ3v) is 4.17. The van der Waals surface area contributed by atoms with Gasteiger partial charge in [0, 0.05) is 20.2 Å². The summed E-state index contributed by atoms with van der Waals surface area (Å²) in [6.45, 7) is 6.31. The Morgan fingerprint density at radius 2 is 2.11 bits per heavy atom. The fourth-order valence-corrected chi connectivity index (χ4v) is 3.05. The minimum absolute atomic E-state index is 0.0553. The number of aryl methyl sites for hydroxylation is 2. The molecule has 110 valence electrons. The molecule has 1 heterocycles. The summed E-state index contributed by atoms with van der Waals surface area (Å²) in [6.07, 6.45) is 0.754. The van der Waals surface area contributed by atoms with Crippen molar-refractivity contribution >= 4 is 15.8 Å². The lowest BCUT2D eigenvalue weighted by atomic mass is 10.4. The van der Waals surface area contributed by atoms with Crippen LogP contribution >= 0.6 is 0 Å². The van der Waals surface area contributed by atoms with Crippen molar-refractivity contribution in [1.29, 1.82) is 0 Å². The number of aromatic nitrogens is 2. The van der Waals surface area contributed by atoms with Crippen LogP contribution in [0.25, 0.3) is 0 Å². The summed E-state index contributed by atoms with van der Waals surface area (Å²) < 4.78 is 33.4. The molecule has 0 fully saturated rings. The van der Waals surface area contributed by atoms with Gasteiger partial charge in [-0.25, -0.2) is 13.1 Å². The number of ether oxygens (including phenoxy) is 1. The van der Waals surface area contributed by atoms with Gasteiger partial charge in [-0.3, -0.25) is 4.68 Å². The van der Waals surface area contributed by atoms with Gasteiger partial charge in [-0.05, 0) is 27.2 Å². The Morgan fingerprint density at radius 1 is 1.47 bits per heavy atom. The molecule has 19 heavy (non-hydrogen) atoms. The topological polar surface area (TPSA) is 99.2 Å². The average molecular weight is 290 g/mol. The predicted octanol–water partition coefficient (Wildman–Crippen LogP) is 0.404. The second-order valence-electron chi connectivity index (χ2n) is 4.59. The Balaban J connectivity index is 2.62. The molecule has 0 saturated heterocycles. The molecule has 0 aliphatic heterocycles. The summed E-state index contributed by atoms with van der Waals surface area (Å²) in [7, 11) is -2.01. The van der Waals surface area contributed by atoms with E-state index in [9.17, 15) is 8.42 Å². The van der Waals surface area contributed by atoms with E-state index >= 15 is 0 Å². The lowest BCUT2D eigenvalue weighted by molar-refractivity contribution is 0.0778. The van der Waals surface area contributed by atoms with E-state index < -0.39 is 10.0 Å². The fourth-order valence-electron chi connectivity index (χ4n) is 1.66. The first kappa shape index (κ1) is 15.9. The quantitative estimate of drug-likeness (QED) is 0.708. The summed E-state index contributed by atoms with van der Waals surface area (Å²) in [6, 6.07) is 0. The highest BCUT2D eigenvalue weighted by Crippen LogP contribution is 2.20. The van der Waals surface area contributed by atoms with Gasteiger partial charge < -0.3 is 10.5 Å². The van der Waals surface area contributed by atoms with Crippen LogP contribution in [-0.2, 0) is 21.8 Å². The molecule has 0 saturated carbocycles. The highest BCUT2D eigenvalue weighted by Gasteiger charge is 2.23. The molecule has 0 spiro atoms. The number of nitrogens with two attached hydrogens (primary N) is 1. The number of nitrogen functional groups attached to an aromatic ring is 1. The van der Waals surface area contributed by atoms with Crippen molar-refractivity contribution in [3.05, 3.63) is 5.69 Å². The first-order chi connectivity index (χ1) is 8.75. The summed E-state index contributed by atoms with van der Waals surface area (Å²) in [5.74, 6) is 0.142. The van der Waals surface area contributed by atoms with Crippen LogP contribution in [0.5, 0.6) is 0 Å². The minimum atomic E-state index is -3.62. The van der Waals surface area contributed by atoms with Crippen molar-refractivity contribution in [1.82, 2.24) is 14.5 Å². The molecule has 0 radical (unpaired) electrons. The highest BCUT2D eigenvalue weighted by atomic mass is 32.2. The fraction of sp³-hybridized carbons (Fsp3) is 0.727. The van der Waals surface area contributed by atoms with Gasteiger partial charge in [0.25, 0.3) is 0 Å². The van der Waals surface area contributed by atoms with Gasteiger partial charge in [-0.15, -0.1) is 0 Å². The van der Waals surface area contributed by atoms with Crippen LogP contribution in [0, 0.1) is 6.92 Å². The Bertz CT molecular complexity index is 522. The van der Waals surface area contributed by atoms with Crippen molar-refractivity contribution in [2.24, 2.45) is 7.05 Å². The lowest BCUT2D eigenvalue weighted by Gasteiger charge is -2.09. The van der Waals surface area contributed by atoms with Crippen molar-refractivity contribution in [2.75, 3.05) is 18.9 Å². The minimum Gasteiger partial charge on any atom is -0.383 e. The van der Waals surface area contributed by atoms with E-state index in [1.165, 1.54) is 4.68 Å². The van der Waals surface area contributed by atoms with Gasteiger partial charge in [0.1, 0.15) is 10.7 Å². The Hall–Kier alpha value is -1.12. The number of sulfonamides is 1. The largest absolute Gasteiger partial charge is 0.383 e. The normalized spacial score (nSPS) is 12.3. The smallest absolute Gasteiger partial charge is 0.246 e. The molecule has 0 unspecified atom stereocenters. The number of hydrogen-bond acceptors (Lipinski definition) is 5. The third kappa shape index (κ3) is 4.19. The molecule has 0 amide bonds.